The van der Waals surface area contributed by atoms with Gasteiger partial charge in [-0.05, 0) is 29.8 Å². The van der Waals surface area contributed by atoms with E-state index in [1.165, 1.54) is 35.5 Å². The maximum atomic E-state index is 12.6. The van der Waals surface area contributed by atoms with Gasteiger partial charge in [0.05, 0.1) is 10.4 Å². The summed E-state index contributed by atoms with van der Waals surface area (Å²) in [7, 11) is -0.668. The molecule has 4 aromatic rings. The fourth-order valence-corrected chi connectivity index (χ4v) is 5.00. The normalized spacial score (nSPS) is 11.8. The van der Waals surface area contributed by atoms with Crippen LogP contribution in [-0.2, 0) is 24.1 Å². The quantitative estimate of drug-likeness (QED) is 0.234. The molecule has 4 rings (SSSR count). The number of hydrogen-bond acceptors (Lipinski definition) is 7. The van der Waals surface area contributed by atoms with E-state index in [9.17, 15) is 18.0 Å². The molecule has 3 heterocycles. The molecule has 3 aromatic heterocycles. The Morgan fingerprint density at radius 3 is 2.44 bits per heavy atom. The van der Waals surface area contributed by atoms with Crippen molar-refractivity contribution in [2.24, 2.45) is 14.1 Å². The van der Waals surface area contributed by atoms with Gasteiger partial charge in [-0.2, -0.15) is 0 Å². The highest BCUT2D eigenvalue weighted by Crippen LogP contribution is 2.23. The second-order valence-electron chi connectivity index (χ2n) is 6.95. The Kier molecular flexibility index (Phi) is 6.00. The number of nitrogens with one attached hydrogen (secondary N) is 2. The second-order valence-corrected chi connectivity index (χ2v) is 9.78. The summed E-state index contributed by atoms with van der Waals surface area (Å²) in [5, 5.41) is 0.585. The highest BCUT2D eigenvalue weighted by atomic mass is 32.2. The number of aromatic nitrogens is 5. The molecule has 0 aliphatic carbocycles. The topological polar surface area (TPSA) is 132 Å². The Bertz CT molecular complexity index is 1490. The number of H-pyrrole nitrogens is 1. The Hall–Kier alpha value is -3.22. The lowest BCUT2D eigenvalue weighted by Crippen LogP contribution is -2.36. The maximum absolute atomic E-state index is 12.6. The zero-order valence-electron chi connectivity index (χ0n) is 17.3. The monoisotopic (exact) mass is 472 g/mol. The molecule has 0 aliphatic rings. The van der Waals surface area contributed by atoms with Crippen molar-refractivity contribution in [1.29, 1.82) is 0 Å². The number of aryl methyl sites for hydroxylation is 1. The lowest BCUT2D eigenvalue weighted by atomic mass is 10.1. The molecule has 1 aromatic carbocycles. The van der Waals surface area contributed by atoms with Gasteiger partial charge in [0.15, 0.2) is 5.16 Å². The van der Waals surface area contributed by atoms with Gasteiger partial charge in [-0.25, -0.2) is 27.9 Å². The van der Waals surface area contributed by atoms with Gasteiger partial charge in [0.1, 0.15) is 5.52 Å². The van der Waals surface area contributed by atoms with Crippen LogP contribution in [0.1, 0.15) is 0 Å². The van der Waals surface area contributed by atoms with Crippen molar-refractivity contribution in [3.63, 3.8) is 0 Å². The van der Waals surface area contributed by atoms with Crippen LogP contribution in [0.3, 0.4) is 0 Å². The number of nitrogens with zero attached hydrogens (tertiary/aromatic N) is 4. The van der Waals surface area contributed by atoms with Crippen LogP contribution in [0, 0.1) is 0 Å². The minimum atomic E-state index is -3.68. The van der Waals surface area contributed by atoms with Crippen LogP contribution in [0.2, 0.25) is 0 Å². The highest BCUT2D eigenvalue weighted by Gasteiger charge is 2.16. The van der Waals surface area contributed by atoms with Crippen molar-refractivity contribution in [3.8, 4) is 11.3 Å². The molecular weight excluding hydrogens is 452 g/mol. The fourth-order valence-electron chi connectivity index (χ4n) is 3.18. The average Bonchev–Trinajstić information content (AvgIpc) is 3.26. The molecule has 32 heavy (non-hydrogen) atoms. The molecule has 0 bridgehead atoms. The van der Waals surface area contributed by atoms with E-state index in [-0.39, 0.29) is 11.4 Å². The van der Waals surface area contributed by atoms with Crippen molar-refractivity contribution in [2.75, 3.05) is 12.3 Å². The van der Waals surface area contributed by atoms with Crippen molar-refractivity contribution in [2.45, 2.75) is 10.1 Å². The number of aromatic amines is 1. The number of hydrogen-bond donors (Lipinski definition) is 2. The van der Waals surface area contributed by atoms with Crippen LogP contribution in [0.25, 0.3) is 22.3 Å². The van der Waals surface area contributed by atoms with E-state index in [1.54, 1.807) is 43.7 Å². The van der Waals surface area contributed by atoms with Gasteiger partial charge in [0.25, 0.3) is 5.56 Å². The molecule has 2 N–H and O–H groups in total. The van der Waals surface area contributed by atoms with Crippen LogP contribution in [-0.4, -0.2) is 44.8 Å². The molecule has 166 valence electrons. The molecule has 0 saturated heterocycles. The highest BCUT2D eigenvalue weighted by molar-refractivity contribution is 7.99. The number of benzene rings is 1. The maximum Gasteiger partial charge on any atom is 0.331 e. The van der Waals surface area contributed by atoms with E-state index in [2.05, 4.69) is 19.7 Å². The molecule has 0 radical (unpaired) electrons. The summed E-state index contributed by atoms with van der Waals surface area (Å²) in [6, 6.07) is 9.69. The average molecular weight is 473 g/mol. The first-order valence-corrected chi connectivity index (χ1v) is 12.0. The first-order chi connectivity index (χ1) is 15.3. The van der Waals surface area contributed by atoms with Crippen molar-refractivity contribution in [3.05, 3.63) is 69.6 Å². The van der Waals surface area contributed by atoms with Crippen LogP contribution in [0.4, 0.5) is 0 Å². The SMILES string of the molecule is Cn1c(=O)c2[nH]c(-c3ccc(S(=O)(=O)NCCSc4ncccn4)cc3)cc2n(C)c1=O. The van der Waals surface area contributed by atoms with Gasteiger partial charge in [0, 0.05) is 44.5 Å². The molecule has 0 saturated carbocycles. The van der Waals surface area contributed by atoms with Gasteiger partial charge in [-0.3, -0.25) is 13.9 Å². The predicted molar refractivity (Wildman–Crippen MR) is 122 cm³/mol. The van der Waals surface area contributed by atoms with Crippen molar-refractivity contribution in [1.82, 2.24) is 28.8 Å². The summed E-state index contributed by atoms with van der Waals surface area (Å²) in [6.45, 7) is 0.229. The van der Waals surface area contributed by atoms with Gasteiger partial charge in [-0.15, -0.1) is 0 Å². The number of rotatable bonds is 7. The first kappa shape index (κ1) is 22.0. The van der Waals surface area contributed by atoms with Crippen LogP contribution in [0.15, 0.2) is 68.4 Å². The predicted octanol–water partition coefficient (Wildman–Crippen LogP) is 1.09. The summed E-state index contributed by atoms with van der Waals surface area (Å²) in [5.74, 6) is 0.490. The second kappa shape index (κ2) is 8.73. The molecule has 0 fully saturated rings. The van der Waals surface area contributed by atoms with Crippen LogP contribution >= 0.6 is 11.8 Å². The summed E-state index contributed by atoms with van der Waals surface area (Å²) in [5.41, 5.74) is 1.24. The van der Waals surface area contributed by atoms with Crippen LogP contribution < -0.4 is 16.0 Å². The van der Waals surface area contributed by atoms with Gasteiger partial charge in [-0.1, -0.05) is 23.9 Å². The molecular formula is C20H20N6O4S2. The van der Waals surface area contributed by atoms with Crippen LogP contribution in [0.5, 0.6) is 0 Å². The largest absolute Gasteiger partial charge is 0.349 e. The van der Waals surface area contributed by atoms with E-state index in [0.29, 0.717) is 33.2 Å². The third-order valence-electron chi connectivity index (χ3n) is 4.89. The molecule has 0 atom stereocenters. The third-order valence-corrected chi connectivity index (χ3v) is 7.25. The van der Waals surface area contributed by atoms with Gasteiger partial charge < -0.3 is 4.98 Å². The minimum absolute atomic E-state index is 0.127. The summed E-state index contributed by atoms with van der Waals surface area (Å²) < 4.78 is 30.1. The number of thioether (sulfide) groups is 1. The minimum Gasteiger partial charge on any atom is -0.349 e. The van der Waals surface area contributed by atoms with E-state index >= 15 is 0 Å². The number of sulfonamides is 1. The molecule has 12 heteroatoms. The lowest BCUT2D eigenvalue weighted by Gasteiger charge is -2.07. The van der Waals surface area contributed by atoms with E-state index in [1.807, 2.05) is 0 Å². The molecule has 0 aliphatic heterocycles. The summed E-state index contributed by atoms with van der Waals surface area (Å²) in [6.07, 6.45) is 3.26. The molecule has 0 amide bonds. The van der Waals surface area contributed by atoms with E-state index in [4.69, 9.17) is 0 Å². The van der Waals surface area contributed by atoms with E-state index < -0.39 is 21.3 Å². The first-order valence-electron chi connectivity index (χ1n) is 9.56. The molecule has 0 unspecified atom stereocenters. The molecule has 10 nitrogen and oxygen atoms in total. The Morgan fingerprint density at radius 2 is 1.75 bits per heavy atom. The Morgan fingerprint density at radius 1 is 1.06 bits per heavy atom. The smallest absolute Gasteiger partial charge is 0.331 e. The van der Waals surface area contributed by atoms with Crippen molar-refractivity contribution < 1.29 is 8.42 Å². The van der Waals surface area contributed by atoms with Gasteiger partial charge in [0.2, 0.25) is 10.0 Å². The van der Waals surface area contributed by atoms with Gasteiger partial charge >= 0.3 is 5.69 Å². The lowest BCUT2D eigenvalue weighted by molar-refractivity contribution is 0.584. The third kappa shape index (κ3) is 4.24. The van der Waals surface area contributed by atoms with Crippen molar-refractivity contribution >= 4 is 32.8 Å². The number of fused-ring (bicyclic) bond motifs is 1. The standard InChI is InChI=1S/C20H20N6O4S2/c1-25-16-12-15(24-17(16)18(27)26(2)20(25)28)13-4-6-14(7-5-13)32(29,30)23-10-11-31-19-21-8-3-9-22-19/h3-9,12,23-24H,10-11H2,1-2H3. The zero-order valence-corrected chi connectivity index (χ0v) is 18.9. The summed E-state index contributed by atoms with van der Waals surface area (Å²) >= 11 is 1.36. The van der Waals surface area contributed by atoms with E-state index in [0.717, 1.165) is 4.57 Å². The Balaban J connectivity index is 1.50. The molecule has 0 spiro atoms. The Labute approximate surface area is 187 Å². The fraction of sp³-hybridized carbons (Fsp3) is 0.200. The summed E-state index contributed by atoms with van der Waals surface area (Å²) in [4.78, 5) is 35.8. The zero-order chi connectivity index (χ0) is 22.9.